The number of allylic oxidation sites excluding steroid dienone is 3. The van der Waals surface area contributed by atoms with E-state index in [1.807, 2.05) is 0 Å². The van der Waals surface area contributed by atoms with Crippen LogP contribution in [0.5, 0.6) is 0 Å². The molecule has 0 fully saturated rings. The normalized spacial score (nSPS) is 27.4. The van der Waals surface area contributed by atoms with Crippen LogP contribution in [-0.4, -0.2) is 5.75 Å². The van der Waals surface area contributed by atoms with Gasteiger partial charge in [-0.05, 0) is 42.1 Å². The zero-order valence-electron chi connectivity index (χ0n) is 11.1. The maximum absolute atomic E-state index is 4.43. The number of rotatable bonds is 1. The molecular formula is C15H24S. The summed E-state index contributed by atoms with van der Waals surface area (Å²) >= 11 is 4.43. The second kappa shape index (κ2) is 3.94. The van der Waals surface area contributed by atoms with Gasteiger partial charge < -0.3 is 0 Å². The number of thiol groups is 1. The lowest BCUT2D eigenvalue weighted by Crippen LogP contribution is -2.31. The molecule has 0 radical (unpaired) electrons. The van der Waals surface area contributed by atoms with E-state index in [4.69, 9.17) is 0 Å². The summed E-state index contributed by atoms with van der Waals surface area (Å²) < 4.78 is 0. The lowest BCUT2D eigenvalue weighted by atomic mass is 9.60. The minimum Gasteiger partial charge on any atom is -0.175 e. The molecule has 0 nitrogen and oxygen atoms in total. The molecular weight excluding hydrogens is 212 g/mol. The zero-order valence-corrected chi connectivity index (χ0v) is 12.0. The molecule has 0 saturated heterocycles. The van der Waals surface area contributed by atoms with E-state index in [1.165, 1.54) is 31.3 Å². The van der Waals surface area contributed by atoms with Gasteiger partial charge in [-0.25, -0.2) is 0 Å². The van der Waals surface area contributed by atoms with E-state index in [1.54, 1.807) is 11.1 Å². The van der Waals surface area contributed by atoms with Crippen molar-refractivity contribution in [3.05, 3.63) is 22.8 Å². The quantitative estimate of drug-likeness (QED) is 0.622. The zero-order chi connectivity index (χ0) is 12.0. The molecule has 0 spiro atoms. The largest absolute Gasteiger partial charge is 0.175 e. The summed E-state index contributed by atoms with van der Waals surface area (Å²) in [6.07, 6.45) is 7.59. The third-order valence-electron chi connectivity index (χ3n) is 4.49. The van der Waals surface area contributed by atoms with Crippen LogP contribution >= 0.6 is 12.6 Å². The maximum Gasteiger partial charge on any atom is 0.0116 e. The second-order valence-electron chi connectivity index (χ2n) is 6.62. The second-order valence-corrected chi connectivity index (χ2v) is 6.94. The Morgan fingerprint density at radius 3 is 2.31 bits per heavy atom. The molecule has 1 heteroatoms. The minimum atomic E-state index is 0.374. The molecule has 0 aromatic rings. The Bertz CT molecular complexity index is 356. The molecule has 0 saturated carbocycles. The van der Waals surface area contributed by atoms with Crippen molar-refractivity contribution in [2.24, 2.45) is 10.8 Å². The first-order valence-corrected chi connectivity index (χ1v) is 7.04. The maximum atomic E-state index is 4.43. The fourth-order valence-corrected chi connectivity index (χ4v) is 3.38. The van der Waals surface area contributed by atoms with Gasteiger partial charge in [-0.2, -0.15) is 12.6 Å². The average molecular weight is 236 g/mol. The van der Waals surface area contributed by atoms with Gasteiger partial charge in [0.25, 0.3) is 0 Å². The molecule has 0 aliphatic heterocycles. The first-order chi connectivity index (χ1) is 7.37. The molecule has 2 aliphatic rings. The molecule has 0 aromatic carbocycles. The van der Waals surface area contributed by atoms with E-state index in [0.717, 1.165) is 5.75 Å². The Morgan fingerprint density at radius 2 is 1.69 bits per heavy atom. The summed E-state index contributed by atoms with van der Waals surface area (Å²) in [6.45, 7) is 9.62. The van der Waals surface area contributed by atoms with Crippen molar-refractivity contribution in [3.63, 3.8) is 0 Å². The standard InChI is InChI=1S/C15H24S/c1-14(2)7-8-15(3,4)13-9-11(10-16)5-6-12(13)14/h9,16H,5-8,10H2,1-4H3. The first kappa shape index (κ1) is 12.3. The van der Waals surface area contributed by atoms with Crippen LogP contribution in [0.4, 0.5) is 0 Å². The highest BCUT2D eigenvalue weighted by atomic mass is 32.1. The van der Waals surface area contributed by atoms with Crippen LogP contribution in [0.3, 0.4) is 0 Å². The fraction of sp³-hybridized carbons (Fsp3) is 0.733. The topological polar surface area (TPSA) is 0 Å². The van der Waals surface area contributed by atoms with E-state index < -0.39 is 0 Å². The monoisotopic (exact) mass is 236 g/mol. The van der Waals surface area contributed by atoms with Gasteiger partial charge in [-0.3, -0.25) is 0 Å². The number of hydrogen-bond donors (Lipinski definition) is 1. The smallest absolute Gasteiger partial charge is 0.0116 e. The van der Waals surface area contributed by atoms with Crippen LogP contribution in [0.2, 0.25) is 0 Å². The van der Waals surface area contributed by atoms with Gasteiger partial charge in [0.15, 0.2) is 0 Å². The summed E-state index contributed by atoms with van der Waals surface area (Å²) in [5.74, 6) is 0.924. The van der Waals surface area contributed by atoms with Gasteiger partial charge in [0.05, 0.1) is 0 Å². The Balaban J connectivity index is 2.49. The summed E-state index contributed by atoms with van der Waals surface area (Å²) in [7, 11) is 0. The summed E-state index contributed by atoms with van der Waals surface area (Å²) in [5, 5.41) is 0. The Labute approximate surface area is 106 Å². The predicted octanol–water partition coefficient (Wildman–Crippen LogP) is 4.78. The Hall–Kier alpha value is -0.170. The van der Waals surface area contributed by atoms with Crippen molar-refractivity contribution < 1.29 is 0 Å². The highest BCUT2D eigenvalue weighted by Gasteiger charge is 2.39. The molecule has 0 N–H and O–H groups in total. The van der Waals surface area contributed by atoms with Crippen molar-refractivity contribution in [1.29, 1.82) is 0 Å². The van der Waals surface area contributed by atoms with Crippen LogP contribution < -0.4 is 0 Å². The van der Waals surface area contributed by atoms with Crippen LogP contribution in [-0.2, 0) is 0 Å². The Morgan fingerprint density at radius 1 is 1.06 bits per heavy atom. The molecule has 2 aliphatic carbocycles. The van der Waals surface area contributed by atoms with Gasteiger partial charge >= 0.3 is 0 Å². The molecule has 2 rings (SSSR count). The molecule has 0 aromatic heterocycles. The molecule has 16 heavy (non-hydrogen) atoms. The molecule has 0 amide bonds. The highest BCUT2D eigenvalue weighted by molar-refractivity contribution is 7.80. The third kappa shape index (κ3) is 1.99. The van der Waals surface area contributed by atoms with Crippen molar-refractivity contribution in [3.8, 4) is 0 Å². The molecule has 90 valence electrons. The van der Waals surface area contributed by atoms with Crippen molar-refractivity contribution in [1.82, 2.24) is 0 Å². The van der Waals surface area contributed by atoms with Crippen molar-refractivity contribution in [2.75, 3.05) is 5.75 Å². The van der Waals surface area contributed by atoms with E-state index in [2.05, 4.69) is 46.4 Å². The van der Waals surface area contributed by atoms with Gasteiger partial charge in [0, 0.05) is 5.75 Å². The summed E-state index contributed by atoms with van der Waals surface area (Å²) in [6, 6.07) is 0. The van der Waals surface area contributed by atoms with Crippen LogP contribution in [0.1, 0.15) is 53.4 Å². The van der Waals surface area contributed by atoms with Crippen LogP contribution in [0.15, 0.2) is 22.8 Å². The molecule has 0 bridgehead atoms. The predicted molar refractivity (Wildman–Crippen MR) is 75.0 cm³/mol. The van der Waals surface area contributed by atoms with E-state index >= 15 is 0 Å². The average Bonchev–Trinajstić information content (AvgIpc) is 2.24. The molecule has 0 heterocycles. The first-order valence-electron chi connectivity index (χ1n) is 6.41. The van der Waals surface area contributed by atoms with Crippen LogP contribution in [0, 0.1) is 10.8 Å². The van der Waals surface area contributed by atoms with Gasteiger partial charge in [0.2, 0.25) is 0 Å². The molecule has 0 unspecified atom stereocenters. The SMILES string of the molecule is CC1(C)CCC(C)(C)C2=C1C=C(CS)CC2. The molecule has 0 atom stereocenters. The fourth-order valence-electron chi connectivity index (χ4n) is 3.13. The highest BCUT2D eigenvalue weighted by Crippen LogP contribution is 2.52. The van der Waals surface area contributed by atoms with Gasteiger partial charge in [-0.15, -0.1) is 0 Å². The van der Waals surface area contributed by atoms with Gasteiger partial charge in [-0.1, -0.05) is 44.9 Å². The van der Waals surface area contributed by atoms with E-state index in [9.17, 15) is 0 Å². The van der Waals surface area contributed by atoms with Crippen molar-refractivity contribution in [2.45, 2.75) is 53.4 Å². The van der Waals surface area contributed by atoms with E-state index in [0.29, 0.717) is 10.8 Å². The van der Waals surface area contributed by atoms with Crippen molar-refractivity contribution >= 4 is 12.6 Å². The van der Waals surface area contributed by atoms with Gasteiger partial charge in [0.1, 0.15) is 0 Å². The summed E-state index contributed by atoms with van der Waals surface area (Å²) in [5.41, 5.74) is 5.66. The summed E-state index contributed by atoms with van der Waals surface area (Å²) in [4.78, 5) is 0. The Kier molecular flexibility index (Phi) is 3.03. The lowest BCUT2D eigenvalue weighted by molar-refractivity contribution is 0.257. The number of hydrogen-bond acceptors (Lipinski definition) is 1. The minimum absolute atomic E-state index is 0.374. The third-order valence-corrected chi connectivity index (χ3v) is 4.90. The lowest BCUT2D eigenvalue weighted by Gasteiger charge is -2.45. The van der Waals surface area contributed by atoms with Crippen LogP contribution in [0.25, 0.3) is 0 Å². The van der Waals surface area contributed by atoms with E-state index in [-0.39, 0.29) is 0 Å².